The van der Waals surface area contributed by atoms with E-state index in [1.807, 2.05) is 10.7 Å². The van der Waals surface area contributed by atoms with Crippen LogP contribution in [0.25, 0.3) is 5.69 Å². The minimum Gasteiger partial charge on any atom is -0.197 e. The number of fused-ring (bicyclic) bond motifs is 3. The van der Waals surface area contributed by atoms with Crippen LogP contribution in [0.5, 0.6) is 0 Å². The van der Waals surface area contributed by atoms with Crippen molar-refractivity contribution in [2.45, 2.75) is 25.7 Å². The summed E-state index contributed by atoms with van der Waals surface area (Å²) in [7, 11) is 0. The molecule has 3 rings (SSSR count). The maximum atomic E-state index is 4.06. The molecular formula is C11H12N4. The van der Waals surface area contributed by atoms with E-state index in [2.05, 4.69) is 40.6 Å². The van der Waals surface area contributed by atoms with E-state index in [0.29, 0.717) is 5.92 Å². The van der Waals surface area contributed by atoms with E-state index >= 15 is 0 Å². The molecule has 2 aromatic rings. The average molecular weight is 200 g/mol. The first kappa shape index (κ1) is 8.59. The van der Waals surface area contributed by atoms with Crippen LogP contribution < -0.4 is 0 Å². The second kappa shape index (κ2) is 3.15. The van der Waals surface area contributed by atoms with Crippen LogP contribution in [0.2, 0.25) is 0 Å². The van der Waals surface area contributed by atoms with Crippen LogP contribution in [-0.2, 0) is 6.42 Å². The Morgan fingerprint density at radius 2 is 2.27 bits per heavy atom. The molecule has 0 spiro atoms. The Bertz CT molecular complexity index is 489. The predicted octanol–water partition coefficient (Wildman–Crippen LogP) is 1.71. The molecule has 1 aromatic carbocycles. The molecule has 4 heteroatoms. The third-order valence-electron chi connectivity index (χ3n) is 3.06. The van der Waals surface area contributed by atoms with Gasteiger partial charge in [0.15, 0.2) is 5.82 Å². The number of tetrazole rings is 1. The molecule has 0 aliphatic carbocycles. The first-order valence-corrected chi connectivity index (χ1v) is 5.26. The Balaban J connectivity index is 2.24. The van der Waals surface area contributed by atoms with Crippen molar-refractivity contribution in [1.82, 2.24) is 20.2 Å². The zero-order valence-electron chi connectivity index (χ0n) is 8.59. The standard InChI is InChI=1S/C11H12N4/c1-2-8-7-11-12-13-14-15(11)10-6-4-3-5-9(8)10/h3-6,8H,2,7H2,1H3. The highest BCUT2D eigenvalue weighted by Gasteiger charge is 2.24. The van der Waals surface area contributed by atoms with Crippen LogP contribution in [0, 0.1) is 0 Å². The molecule has 0 N–H and O–H groups in total. The fraction of sp³-hybridized carbons (Fsp3) is 0.364. The van der Waals surface area contributed by atoms with Gasteiger partial charge in [0.2, 0.25) is 0 Å². The van der Waals surface area contributed by atoms with E-state index in [1.165, 1.54) is 5.56 Å². The predicted molar refractivity (Wildman–Crippen MR) is 55.9 cm³/mol. The number of para-hydroxylation sites is 1. The number of benzene rings is 1. The van der Waals surface area contributed by atoms with E-state index in [4.69, 9.17) is 0 Å². The molecule has 1 unspecified atom stereocenters. The third-order valence-corrected chi connectivity index (χ3v) is 3.06. The van der Waals surface area contributed by atoms with E-state index in [-0.39, 0.29) is 0 Å². The third kappa shape index (κ3) is 1.17. The molecule has 1 aromatic heterocycles. The topological polar surface area (TPSA) is 43.6 Å². The molecule has 4 nitrogen and oxygen atoms in total. The molecule has 0 saturated heterocycles. The highest BCUT2D eigenvalue weighted by atomic mass is 15.5. The van der Waals surface area contributed by atoms with Gasteiger partial charge in [-0.2, -0.15) is 4.68 Å². The minimum atomic E-state index is 0.555. The van der Waals surface area contributed by atoms with Gasteiger partial charge in [0.25, 0.3) is 0 Å². The zero-order chi connectivity index (χ0) is 10.3. The first-order valence-electron chi connectivity index (χ1n) is 5.26. The normalized spacial score (nSPS) is 18.3. The van der Waals surface area contributed by atoms with Crippen molar-refractivity contribution < 1.29 is 0 Å². The van der Waals surface area contributed by atoms with Crippen LogP contribution in [0.3, 0.4) is 0 Å². The van der Waals surface area contributed by atoms with Crippen LogP contribution >= 0.6 is 0 Å². The minimum absolute atomic E-state index is 0.555. The van der Waals surface area contributed by atoms with Gasteiger partial charge in [0, 0.05) is 6.42 Å². The summed E-state index contributed by atoms with van der Waals surface area (Å²) in [6, 6.07) is 8.37. The Labute approximate surface area is 87.9 Å². The largest absolute Gasteiger partial charge is 0.197 e. The summed E-state index contributed by atoms with van der Waals surface area (Å²) in [5.41, 5.74) is 2.50. The molecule has 2 heterocycles. The quantitative estimate of drug-likeness (QED) is 0.703. The number of nitrogens with zero attached hydrogens (tertiary/aromatic N) is 4. The van der Waals surface area contributed by atoms with Crippen LogP contribution in [0.15, 0.2) is 24.3 Å². The van der Waals surface area contributed by atoms with E-state index in [9.17, 15) is 0 Å². The smallest absolute Gasteiger partial charge is 0.157 e. The molecule has 0 saturated carbocycles. The van der Waals surface area contributed by atoms with Gasteiger partial charge < -0.3 is 0 Å². The number of rotatable bonds is 1. The van der Waals surface area contributed by atoms with E-state index in [1.54, 1.807) is 0 Å². The summed E-state index contributed by atoms with van der Waals surface area (Å²) in [4.78, 5) is 0. The number of hydrogen-bond acceptors (Lipinski definition) is 3. The lowest BCUT2D eigenvalue weighted by Gasteiger charge is -2.23. The van der Waals surface area contributed by atoms with Crippen molar-refractivity contribution in [2.75, 3.05) is 0 Å². The Hall–Kier alpha value is -1.71. The first-order chi connectivity index (χ1) is 7.40. The maximum absolute atomic E-state index is 4.06. The summed E-state index contributed by atoms with van der Waals surface area (Å²) >= 11 is 0. The van der Waals surface area contributed by atoms with Crippen molar-refractivity contribution in [3.8, 4) is 5.69 Å². The Morgan fingerprint density at radius 1 is 1.40 bits per heavy atom. The molecule has 0 radical (unpaired) electrons. The molecule has 1 aliphatic heterocycles. The molecule has 1 atom stereocenters. The van der Waals surface area contributed by atoms with Crippen LogP contribution in [0.4, 0.5) is 0 Å². The Morgan fingerprint density at radius 3 is 3.13 bits per heavy atom. The highest BCUT2D eigenvalue weighted by molar-refractivity contribution is 5.45. The fourth-order valence-electron chi connectivity index (χ4n) is 2.24. The van der Waals surface area contributed by atoms with Crippen molar-refractivity contribution in [3.63, 3.8) is 0 Å². The SMILES string of the molecule is CCC1Cc2nnnn2-c2ccccc21. The summed E-state index contributed by atoms with van der Waals surface area (Å²) in [5, 5.41) is 11.8. The lowest BCUT2D eigenvalue weighted by Crippen LogP contribution is -2.17. The van der Waals surface area contributed by atoms with Crippen LogP contribution in [0.1, 0.15) is 30.7 Å². The van der Waals surface area contributed by atoms with Gasteiger partial charge in [-0.05, 0) is 34.4 Å². The van der Waals surface area contributed by atoms with Crippen molar-refractivity contribution >= 4 is 0 Å². The van der Waals surface area contributed by atoms with Crippen molar-refractivity contribution in [2.24, 2.45) is 0 Å². The van der Waals surface area contributed by atoms with Gasteiger partial charge in [-0.1, -0.05) is 25.1 Å². The van der Waals surface area contributed by atoms with Gasteiger partial charge in [-0.25, -0.2) is 0 Å². The summed E-state index contributed by atoms with van der Waals surface area (Å²) in [5.74, 6) is 1.53. The van der Waals surface area contributed by atoms with E-state index in [0.717, 1.165) is 24.4 Å². The second-order valence-corrected chi connectivity index (χ2v) is 3.88. The van der Waals surface area contributed by atoms with Gasteiger partial charge in [0.05, 0.1) is 5.69 Å². The monoisotopic (exact) mass is 200 g/mol. The lowest BCUT2D eigenvalue weighted by molar-refractivity contribution is 0.584. The van der Waals surface area contributed by atoms with Gasteiger partial charge in [-0.15, -0.1) is 5.10 Å². The van der Waals surface area contributed by atoms with Crippen molar-refractivity contribution in [3.05, 3.63) is 35.7 Å². The molecular weight excluding hydrogens is 188 g/mol. The van der Waals surface area contributed by atoms with Gasteiger partial charge >= 0.3 is 0 Å². The maximum Gasteiger partial charge on any atom is 0.157 e. The Kier molecular flexibility index (Phi) is 1.80. The van der Waals surface area contributed by atoms with Gasteiger partial charge in [-0.3, -0.25) is 0 Å². The fourth-order valence-corrected chi connectivity index (χ4v) is 2.24. The number of aromatic nitrogens is 4. The van der Waals surface area contributed by atoms with Crippen LogP contribution in [-0.4, -0.2) is 20.2 Å². The summed E-state index contributed by atoms with van der Waals surface area (Å²) in [6.07, 6.45) is 2.07. The second-order valence-electron chi connectivity index (χ2n) is 3.88. The molecule has 0 bridgehead atoms. The molecule has 1 aliphatic rings. The number of hydrogen-bond donors (Lipinski definition) is 0. The van der Waals surface area contributed by atoms with Crippen molar-refractivity contribution in [1.29, 1.82) is 0 Å². The van der Waals surface area contributed by atoms with E-state index < -0.39 is 0 Å². The lowest BCUT2D eigenvalue weighted by atomic mass is 9.89. The molecule has 15 heavy (non-hydrogen) atoms. The van der Waals surface area contributed by atoms with Gasteiger partial charge in [0.1, 0.15) is 0 Å². The zero-order valence-corrected chi connectivity index (χ0v) is 8.59. The molecule has 0 fully saturated rings. The molecule has 76 valence electrons. The summed E-state index contributed by atoms with van der Waals surface area (Å²) in [6.45, 7) is 2.21. The molecule has 0 amide bonds. The average Bonchev–Trinajstić information content (AvgIpc) is 2.76. The summed E-state index contributed by atoms with van der Waals surface area (Å²) < 4.78 is 1.85. The highest BCUT2D eigenvalue weighted by Crippen LogP contribution is 2.32.